The number of nitro benzene ring substituents is 1. The molecule has 26 heavy (non-hydrogen) atoms. The zero-order chi connectivity index (χ0) is 19.5. The van der Waals surface area contributed by atoms with Crippen LogP contribution in [0.25, 0.3) is 0 Å². The number of carbonyl (C=O) groups is 1. The fourth-order valence-electron chi connectivity index (χ4n) is 2.29. The SMILES string of the molecule is Cc1c(Cl)cc(S(=O)(=O)NC(Cc2ccccc2)C(N)=O)cc1[N+](=O)[O-]. The average molecular weight is 398 g/mol. The van der Waals surface area contributed by atoms with Crippen molar-refractivity contribution in [3.63, 3.8) is 0 Å². The molecule has 0 aliphatic heterocycles. The number of nitrogens with one attached hydrogen (secondary N) is 1. The Morgan fingerprint density at radius 1 is 1.31 bits per heavy atom. The molecule has 0 radical (unpaired) electrons. The molecular formula is C16H16ClN3O5S. The third-order valence-corrected chi connectivity index (χ3v) is 5.56. The smallest absolute Gasteiger partial charge is 0.275 e. The molecule has 2 rings (SSSR count). The molecule has 3 N–H and O–H groups in total. The summed E-state index contributed by atoms with van der Waals surface area (Å²) in [5.41, 5.74) is 5.71. The van der Waals surface area contributed by atoms with Crippen LogP contribution < -0.4 is 10.5 Å². The zero-order valence-electron chi connectivity index (χ0n) is 13.7. The molecule has 2 aromatic carbocycles. The topological polar surface area (TPSA) is 132 Å². The van der Waals surface area contributed by atoms with Crippen molar-refractivity contribution in [2.24, 2.45) is 5.73 Å². The highest BCUT2D eigenvalue weighted by molar-refractivity contribution is 7.89. The number of sulfonamides is 1. The summed E-state index contributed by atoms with van der Waals surface area (Å²) in [5, 5.41) is 11.0. The largest absolute Gasteiger partial charge is 0.368 e. The number of nitrogens with zero attached hydrogens (tertiary/aromatic N) is 1. The van der Waals surface area contributed by atoms with Gasteiger partial charge in [-0.3, -0.25) is 14.9 Å². The molecule has 1 amide bonds. The summed E-state index contributed by atoms with van der Waals surface area (Å²) in [6, 6.07) is 9.46. The van der Waals surface area contributed by atoms with Crippen LogP contribution in [0.4, 0.5) is 5.69 Å². The molecule has 0 saturated heterocycles. The van der Waals surface area contributed by atoms with Crippen molar-refractivity contribution in [3.8, 4) is 0 Å². The molecule has 10 heteroatoms. The van der Waals surface area contributed by atoms with Crippen LogP contribution in [0, 0.1) is 17.0 Å². The molecular weight excluding hydrogens is 382 g/mol. The van der Waals surface area contributed by atoms with Crippen molar-refractivity contribution in [3.05, 3.63) is 68.7 Å². The van der Waals surface area contributed by atoms with Crippen molar-refractivity contribution in [1.29, 1.82) is 0 Å². The molecule has 0 fully saturated rings. The molecule has 0 saturated carbocycles. The van der Waals surface area contributed by atoms with Crippen molar-refractivity contribution < 1.29 is 18.1 Å². The predicted octanol–water partition coefficient (Wildman–Crippen LogP) is 1.93. The molecule has 0 spiro atoms. The highest BCUT2D eigenvalue weighted by Crippen LogP contribution is 2.29. The van der Waals surface area contributed by atoms with Crippen LogP contribution >= 0.6 is 11.6 Å². The van der Waals surface area contributed by atoms with E-state index in [1.165, 1.54) is 6.92 Å². The minimum atomic E-state index is -4.26. The molecule has 0 aliphatic rings. The number of halogens is 1. The maximum Gasteiger partial charge on any atom is 0.275 e. The molecule has 8 nitrogen and oxygen atoms in total. The average Bonchev–Trinajstić information content (AvgIpc) is 2.56. The van der Waals surface area contributed by atoms with E-state index in [1.807, 2.05) is 0 Å². The van der Waals surface area contributed by atoms with Crippen LogP contribution in [-0.2, 0) is 21.2 Å². The van der Waals surface area contributed by atoms with E-state index in [-0.39, 0.29) is 17.0 Å². The maximum absolute atomic E-state index is 12.6. The summed E-state index contributed by atoms with van der Waals surface area (Å²) in [4.78, 5) is 21.6. The summed E-state index contributed by atoms with van der Waals surface area (Å²) in [5.74, 6) is -0.870. The number of benzene rings is 2. The molecule has 1 unspecified atom stereocenters. The van der Waals surface area contributed by atoms with E-state index in [4.69, 9.17) is 17.3 Å². The lowest BCUT2D eigenvalue weighted by Gasteiger charge is -2.16. The third-order valence-electron chi connectivity index (χ3n) is 3.72. The summed E-state index contributed by atoms with van der Waals surface area (Å²) in [6.45, 7) is 1.41. The van der Waals surface area contributed by atoms with Gasteiger partial charge in [0, 0.05) is 11.6 Å². The van der Waals surface area contributed by atoms with E-state index < -0.39 is 37.5 Å². The lowest BCUT2D eigenvalue weighted by Crippen LogP contribution is -2.45. The first kappa shape index (κ1) is 19.8. The predicted molar refractivity (Wildman–Crippen MR) is 96.3 cm³/mol. The third kappa shape index (κ3) is 4.57. The van der Waals surface area contributed by atoms with Gasteiger partial charge >= 0.3 is 0 Å². The summed E-state index contributed by atoms with van der Waals surface area (Å²) in [7, 11) is -4.26. The van der Waals surface area contributed by atoms with Crippen molar-refractivity contribution in [1.82, 2.24) is 4.72 Å². The summed E-state index contributed by atoms with van der Waals surface area (Å²) >= 11 is 5.91. The van der Waals surface area contributed by atoms with E-state index in [9.17, 15) is 23.3 Å². The molecule has 1 atom stereocenters. The minimum Gasteiger partial charge on any atom is -0.368 e. The minimum absolute atomic E-state index is 0.0388. The van der Waals surface area contributed by atoms with Crippen LogP contribution in [0.1, 0.15) is 11.1 Å². The van der Waals surface area contributed by atoms with Gasteiger partial charge in [0.15, 0.2) is 0 Å². The van der Waals surface area contributed by atoms with E-state index in [1.54, 1.807) is 30.3 Å². The monoisotopic (exact) mass is 397 g/mol. The first-order valence-corrected chi connectivity index (χ1v) is 9.28. The molecule has 2 aromatic rings. The Morgan fingerprint density at radius 2 is 1.92 bits per heavy atom. The maximum atomic E-state index is 12.6. The fourth-order valence-corrected chi connectivity index (χ4v) is 3.82. The summed E-state index contributed by atoms with van der Waals surface area (Å²) < 4.78 is 27.3. The highest BCUT2D eigenvalue weighted by Gasteiger charge is 2.27. The highest BCUT2D eigenvalue weighted by atomic mass is 35.5. The Kier molecular flexibility index (Phi) is 5.96. The molecule has 0 aromatic heterocycles. The molecule has 138 valence electrons. The number of nitro groups is 1. The van der Waals surface area contributed by atoms with Crippen molar-refractivity contribution in [2.45, 2.75) is 24.3 Å². The van der Waals surface area contributed by atoms with E-state index in [0.717, 1.165) is 12.1 Å². The number of rotatable bonds is 7. The lowest BCUT2D eigenvalue weighted by molar-refractivity contribution is -0.385. The zero-order valence-corrected chi connectivity index (χ0v) is 15.3. The molecule has 0 aliphatic carbocycles. The van der Waals surface area contributed by atoms with E-state index in [0.29, 0.717) is 5.56 Å². The van der Waals surface area contributed by atoms with E-state index >= 15 is 0 Å². The summed E-state index contributed by atoms with van der Waals surface area (Å²) in [6.07, 6.45) is 0.0388. The first-order valence-electron chi connectivity index (χ1n) is 7.42. The van der Waals surface area contributed by atoms with Crippen molar-refractivity contribution >= 4 is 33.2 Å². The number of carbonyl (C=O) groups excluding carboxylic acids is 1. The van der Waals surface area contributed by atoms with Gasteiger partial charge in [-0.15, -0.1) is 0 Å². The number of hydrogen-bond acceptors (Lipinski definition) is 5. The van der Waals surface area contributed by atoms with Gasteiger partial charge in [-0.05, 0) is 25.0 Å². The Labute approximate surface area is 155 Å². The molecule has 0 bridgehead atoms. The Hall–Kier alpha value is -2.49. The van der Waals surface area contributed by atoms with Gasteiger partial charge in [-0.2, -0.15) is 4.72 Å². The standard InChI is InChI=1S/C16H16ClN3O5S/c1-10-13(17)8-12(9-15(10)20(22)23)26(24,25)19-14(16(18)21)7-11-5-3-2-4-6-11/h2-6,8-9,14,19H,7H2,1H3,(H2,18,21). The van der Waals surface area contributed by atoms with Gasteiger partial charge < -0.3 is 5.73 Å². The second-order valence-electron chi connectivity index (χ2n) is 5.57. The van der Waals surface area contributed by atoms with Gasteiger partial charge in [0.25, 0.3) is 5.69 Å². The number of hydrogen-bond donors (Lipinski definition) is 2. The first-order chi connectivity index (χ1) is 12.1. The number of primary amides is 1. The van der Waals surface area contributed by atoms with Gasteiger partial charge in [-0.1, -0.05) is 41.9 Å². The number of amides is 1. The quantitative estimate of drug-likeness (QED) is 0.544. The Bertz CT molecular complexity index is 948. The Morgan fingerprint density at radius 3 is 2.46 bits per heavy atom. The van der Waals surface area contributed by atoms with Crippen LogP contribution in [0.3, 0.4) is 0 Å². The van der Waals surface area contributed by atoms with Gasteiger partial charge in [0.2, 0.25) is 15.9 Å². The fraction of sp³-hybridized carbons (Fsp3) is 0.188. The van der Waals surface area contributed by atoms with Gasteiger partial charge in [-0.25, -0.2) is 8.42 Å². The molecule has 0 heterocycles. The van der Waals surface area contributed by atoms with Crippen molar-refractivity contribution in [2.75, 3.05) is 0 Å². The Balaban J connectivity index is 2.37. The van der Waals surface area contributed by atoms with Gasteiger partial charge in [0.05, 0.1) is 14.8 Å². The van der Waals surface area contributed by atoms with Crippen LogP contribution in [-0.4, -0.2) is 25.3 Å². The van der Waals surface area contributed by atoms with Gasteiger partial charge in [0.1, 0.15) is 6.04 Å². The normalized spacial score (nSPS) is 12.5. The number of nitrogens with two attached hydrogens (primary N) is 1. The van der Waals surface area contributed by atoms with Crippen LogP contribution in [0.15, 0.2) is 47.4 Å². The van der Waals surface area contributed by atoms with Crippen LogP contribution in [0.5, 0.6) is 0 Å². The lowest BCUT2D eigenvalue weighted by atomic mass is 10.1. The second-order valence-corrected chi connectivity index (χ2v) is 7.69. The second kappa shape index (κ2) is 7.81. The van der Waals surface area contributed by atoms with Crippen LogP contribution in [0.2, 0.25) is 5.02 Å². The van der Waals surface area contributed by atoms with E-state index in [2.05, 4.69) is 4.72 Å².